The molecule has 0 saturated carbocycles. The van der Waals surface area contributed by atoms with Gasteiger partial charge in [-0.3, -0.25) is 15.0 Å². The summed E-state index contributed by atoms with van der Waals surface area (Å²) in [6, 6.07) is 3.39. The Morgan fingerprint density at radius 1 is 1.27 bits per heavy atom. The highest BCUT2D eigenvalue weighted by Gasteiger charge is 2.33. The predicted octanol–water partition coefficient (Wildman–Crippen LogP) is 1.31. The van der Waals surface area contributed by atoms with Crippen molar-refractivity contribution in [2.24, 2.45) is 11.1 Å². The summed E-state index contributed by atoms with van der Waals surface area (Å²) in [7, 11) is -1.33. The van der Waals surface area contributed by atoms with Gasteiger partial charge in [-0.05, 0) is 37.8 Å². The first-order valence-electron chi connectivity index (χ1n) is 12.0. The maximum absolute atomic E-state index is 13.2. The van der Waals surface area contributed by atoms with Gasteiger partial charge in [0.15, 0.2) is 0 Å². The fourth-order valence-corrected chi connectivity index (χ4v) is 5.65. The minimum absolute atomic E-state index is 0.00275. The number of sulfonamides is 1. The molecule has 1 aliphatic heterocycles. The third kappa shape index (κ3) is 7.10. The Morgan fingerprint density at radius 3 is 2.65 bits per heavy atom. The van der Waals surface area contributed by atoms with Gasteiger partial charge in [0.1, 0.15) is 28.3 Å². The highest BCUT2D eigenvalue weighted by molar-refractivity contribution is 7.89. The number of methoxy groups -OCH3 is 2. The Morgan fingerprint density at radius 2 is 2.03 bits per heavy atom. The lowest BCUT2D eigenvalue weighted by molar-refractivity contribution is -0.137. The van der Waals surface area contributed by atoms with Crippen molar-refractivity contribution in [1.82, 2.24) is 14.9 Å². The van der Waals surface area contributed by atoms with Crippen molar-refractivity contribution in [2.75, 3.05) is 33.9 Å². The molecule has 3 rings (SSSR count). The second-order valence-corrected chi connectivity index (χ2v) is 11.2. The number of nitrogens with two attached hydrogens (primary N) is 1. The van der Waals surface area contributed by atoms with E-state index in [-0.39, 0.29) is 34.3 Å². The standard InChI is InChI=1S/C25H35N5O6S/c1-25(11-9-17(10-12-25)23(26)27)16-28-22(31)15-30-13-5-4-6-19(24(30)32)29-37(33,34)21-14-18(35-2)7-8-20(21)36-3/h7-11,14,19,29H,4-6,12-13,15-16H2,1-3H3,(H3,26,27)(H,28,31)/t19-,25?/m0/s1. The molecule has 1 aliphatic carbocycles. The Hall–Kier alpha value is -3.38. The molecular weight excluding hydrogens is 498 g/mol. The summed E-state index contributed by atoms with van der Waals surface area (Å²) >= 11 is 0. The van der Waals surface area contributed by atoms with E-state index in [9.17, 15) is 18.0 Å². The summed E-state index contributed by atoms with van der Waals surface area (Å²) in [6.45, 7) is 2.51. The van der Waals surface area contributed by atoms with Gasteiger partial charge in [0.2, 0.25) is 21.8 Å². The van der Waals surface area contributed by atoms with E-state index in [4.69, 9.17) is 20.6 Å². The van der Waals surface area contributed by atoms with Gasteiger partial charge in [-0.15, -0.1) is 0 Å². The van der Waals surface area contributed by atoms with Crippen LogP contribution in [-0.4, -0.2) is 70.9 Å². The van der Waals surface area contributed by atoms with Gasteiger partial charge < -0.3 is 25.4 Å². The third-order valence-electron chi connectivity index (χ3n) is 6.53. The van der Waals surface area contributed by atoms with Crippen molar-refractivity contribution in [2.45, 2.75) is 43.5 Å². The first-order valence-corrected chi connectivity index (χ1v) is 13.5. The highest BCUT2D eigenvalue weighted by Crippen LogP contribution is 2.30. The molecule has 1 aromatic carbocycles. The molecule has 1 heterocycles. The Labute approximate surface area is 217 Å². The van der Waals surface area contributed by atoms with E-state index in [1.807, 2.05) is 19.1 Å². The predicted molar refractivity (Wildman–Crippen MR) is 139 cm³/mol. The molecule has 2 aliphatic rings. The minimum atomic E-state index is -4.12. The van der Waals surface area contributed by atoms with Gasteiger partial charge in [0.05, 0.1) is 20.8 Å². The molecule has 37 heavy (non-hydrogen) atoms. The van der Waals surface area contributed by atoms with Crippen LogP contribution in [0.15, 0.2) is 46.9 Å². The molecule has 202 valence electrons. The minimum Gasteiger partial charge on any atom is -0.497 e. The number of hydrogen-bond donors (Lipinski definition) is 4. The Balaban J connectivity index is 1.65. The van der Waals surface area contributed by atoms with Crippen LogP contribution >= 0.6 is 0 Å². The summed E-state index contributed by atoms with van der Waals surface area (Å²) < 4.78 is 39.2. The molecule has 0 radical (unpaired) electrons. The molecule has 2 amide bonds. The normalized spacial score (nSPS) is 22.1. The maximum atomic E-state index is 13.2. The van der Waals surface area contributed by atoms with Gasteiger partial charge in [-0.2, -0.15) is 4.72 Å². The van der Waals surface area contributed by atoms with Crippen LogP contribution in [0.5, 0.6) is 11.5 Å². The molecule has 11 nitrogen and oxygen atoms in total. The number of nitrogens with zero attached hydrogens (tertiary/aromatic N) is 1. The zero-order valence-electron chi connectivity index (χ0n) is 21.4. The number of ether oxygens (including phenoxy) is 2. The molecule has 0 aromatic heterocycles. The first-order chi connectivity index (χ1) is 17.5. The van der Waals surface area contributed by atoms with Crippen LogP contribution in [0.1, 0.15) is 32.6 Å². The molecule has 2 atom stereocenters. The van der Waals surface area contributed by atoms with E-state index < -0.39 is 22.0 Å². The number of rotatable bonds is 10. The van der Waals surface area contributed by atoms with Crippen molar-refractivity contribution in [3.8, 4) is 11.5 Å². The van der Waals surface area contributed by atoms with Crippen LogP contribution in [0.4, 0.5) is 0 Å². The fourth-order valence-electron chi connectivity index (χ4n) is 4.25. The van der Waals surface area contributed by atoms with Crippen LogP contribution in [0.2, 0.25) is 0 Å². The lowest BCUT2D eigenvalue weighted by atomic mass is 9.81. The van der Waals surface area contributed by atoms with Gasteiger partial charge >= 0.3 is 0 Å². The number of likely N-dealkylation sites (tertiary alicyclic amines) is 1. The third-order valence-corrected chi connectivity index (χ3v) is 8.02. The quantitative estimate of drug-likeness (QED) is 0.260. The lowest BCUT2D eigenvalue weighted by Crippen LogP contribution is -2.50. The van der Waals surface area contributed by atoms with Crippen molar-refractivity contribution in [3.63, 3.8) is 0 Å². The maximum Gasteiger partial charge on any atom is 0.245 e. The molecule has 1 aromatic rings. The van der Waals surface area contributed by atoms with Crippen LogP contribution in [0, 0.1) is 10.8 Å². The Kier molecular flexibility index (Phi) is 8.98. The lowest BCUT2D eigenvalue weighted by Gasteiger charge is -2.29. The van der Waals surface area contributed by atoms with Gasteiger partial charge in [-0.1, -0.05) is 25.2 Å². The second kappa shape index (κ2) is 11.8. The van der Waals surface area contributed by atoms with Crippen LogP contribution < -0.4 is 25.2 Å². The molecule has 0 spiro atoms. The zero-order valence-corrected chi connectivity index (χ0v) is 22.2. The molecule has 1 unspecified atom stereocenters. The SMILES string of the molecule is COc1ccc(OC)c(S(=O)(=O)N[C@H]2CCCCN(CC(=O)NCC3(C)C=CC(C(=N)N)=CC3)C2=O)c1. The molecule has 0 bridgehead atoms. The second-order valence-electron chi connectivity index (χ2n) is 9.49. The van der Waals surface area contributed by atoms with E-state index >= 15 is 0 Å². The summed E-state index contributed by atoms with van der Waals surface area (Å²) in [4.78, 5) is 27.2. The largest absolute Gasteiger partial charge is 0.497 e. The summed E-state index contributed by atoms with van der Waals surface area (Å²) in [5, 5.41) is 10.4. The fraction of sp³-hybridized carbons (Fsp3) is 0.480. The number of amides is 2. The van der Waals surface area contributed by atoms with Crippen molar-refractivity contribution in [1.29, 1.82) is 5.41 Å². The number of nitrogens with one attached hydrogen (secondary N) is 3. The van der Waals surface area contributed by atoms with E-state index in [1.54, 1.807) is 12.1 Å². The number of carbonyl (C=O) groups excluding carboxylic acids is 2. The number of benzene rings is 1. The van der Waals surface area contributed by atoms with Gasteiger partial charge in [0, 0.05) is 30.1 Å². The summed E-state index contributed by atoms with van der Waals surface area (Å²) in [5.74, 6) is -0.322. The highest BCUT2D eigenvalue weighted by atomic mass is 32.2. The topological polar surface area (TPSA) is 164 Å². The van der Waals surface area contributed by atoms with E-state index in [2.05, 4.69) is 10.0 Å². The van der Waals surface area contributed by atoms with Crippen LogP contribution in [0.3, 0.4) is 0 Å². The monoisotopic (exact) mass is 533 g/mol. The van der Waals surface area contributed by atoms with Crippen molar-refractivity contribution < 1.29 is 27.5 Å². The molecule has 1 saturated heterocycles. The zero-order chi connectivity index (χ0) is 27.2. The first kappa shape index (κ1) is 28.2. The summed E-state index contributed by atoms with van der Waals surface area (Å²) in [6.07, 6.45) is 7.75. The van der Waals surface area contributed by atoms with E-state index in [0.717, 1.165) is 0 Å². The smallest absolute Gasteiger partial charge is 0.245 e. The molecule has 12 heteroatoms. The van der Waals surface area contributed by atoms with Gasteiger partial charge in [-0.25, -0.2) is 8.42 Å². The summed E-state index contributed by atoms with van der Waals surface area (Å²) in [5.41, 5.74) is 5.83. The number of hydrogen-bond acceptors (Lipinski definition) is 7. The van der Waals surface area contributed by atoms with Crippen LogP contribution in [0.25, 0.3) is 0 Å². The van der Waals surface area contributed by atoms with Gasteiger partial charge in [0.25, 0.3) is 0 Å². The average Bonchev–Trinajstić information content (AvgIpc) is 3.03. The van der Waals surface area contributed by atoms with E-state index in [1.165, 1.54) is 31.3 Å². The number of amidine groups is 1. The van der Waals surface area contributed by atoms with E-state index in [0.29, 0.717) is 50.1 Å². The van der Waals surface area contributed by atoms with Crippen molar-refractivity contribution in [3.05, 3.63) is 42.0 Å². The average molecular weight is 534 g/mol. The van der Waals surface area contributed by atoms with Crippen LogP contribution in [-0.2, 0) is 19.6 Å². The molecule has 5 N–H and O–H groups in total. The molecule has 1 fully saturated rings. The number of carbonyl (C=O) groups is 2. The molecular formula is C25H35N5O6S. The Bertz CT molecular complexity index is 1210. The number of allylic oxidation sites excluding steroid dienone is 1. The van der Waals surface area contributed by atoms with Crippen molar-refractivity contribution >= 4 is 27.7 Å².